The average molecular weight is 227 g/mol. The molecule has 0 saturated carbocycles. The first-order valence-corrected chi connectivity index (χ1v) is 6.05. The zero-order valence-corrected chi connectivity index (χ0v) is 10.3. The van der Waals surface area contributed by atoms with Crippen LogP contribution in [0.5, 0.6) is 0 Å². The van der Waals surface area contributed by atoms with Gasteiger partial charge in [-0.2, -0.15) is 5.10 Å². The number of fused-ring (bicyclic) bond motifs is 1. The highest BCUT2D eigenvalue weighted by atomic mass is 15.3. The first-order valence-electron chi connectivity index (χ1n) is 6.05. The molecule has 1 unspecified atom stereocenters. The molecule has 2 N–H and O–H groups in total. The topological polar surface area (TPSA) is 43.8 Å². The number of nitrogens with zero attached hydrogens (tertiary/aromatic N) is 2. The van der Waals surface area contributed by atoms with Crippen LogP contribution in [0.4, 0.5) is 0 Å². The molecule has 1 aliphatic rings. The molecule has 1 heterocycles. The van der Waals surface area contributed by atoms with Gasteiger partial charge in [0.1, 0.15) is 0 Å². The monoisotopic (exact) mass is 227 g/mol. The van der Waals surface area contributed by atoms with Crippen molar-refractivity contribution in [3.8, 4) is 11.1 Å². The highest BCUT2D eigenvalue weighted by molar-refractivity contribution is 5.71. The molecule has 1 aromatic heterocycles. The highest BCUT2D eigenvalue weighted by Gasteiger charge is 2.22. The Morgan fingerprint density at radius 1 is 1.35 bits per heavy atom. The van der Waals surface area contributed by atoms with E-state index in [-0.39, 0.29) is 6.04 Å². The summed E-state index contributed by atoms with van der Waals surface area (Å²) < 4.78 is 1.92. The number of benzene rings is 1. The third-order valence-corrected chi connectivity index (χ3v) is 3.84. The molecular formula is C14H17N3. The SMILES string of the molecule is Cc1c(-c2cccc3c2CCC3N)cnn1C. The van der Waals surface area contributed by atoms with E-state index in [1.807, 2.05) is 17.9 Å². The molecule has 2 aromatic rings. The molecule has 0 bridgehead atoms. The fraction of sp³-hybridized carbons (Fsp3) is 0.357. The minimum absolute atomic E-state index is 0.210. The van der Waals surface area contributed by atoms with Crippen LogP contribution in [-0.2, 0) is 13.5 Å². The summed E-state index contributed by atoms with van der Waals surface area (Å²) in [5.41, 5.74) is 12.6. The van der Waals surface area contributed by atoms with Gasteiger partial charge in [-0.25, -0.2) is 0 Å². The van der Waals surface area contributed by atoms with Crippen LogP contribution < -0.4 is 5.73 Å². The second kappa shape index (κ2) is 3.70. The van der Waals surface area contributed by atoms with Crippen LogP contribution in [-0.4, -0.2) is 9.78 Å². The van der Waals surface area contributed by atoms with Gasteiger partial charge in [-0.1, -0.05) is 18.2 Å². The molecule has 1 aliphatic carbocycles. The third kappa shape index (κ3) is 1.50. The van der Waals surface area contributed by atoms with Gasteiger partial charge in [-0.3, -0.25) is 4.68 Å². The Labute approximate surface area is 101 Å². The molecule has 0 radical (unpaired) electrons. The largest absolute Gasteiger partial charge is 0.324 e. The van der Waals surface area contributed by atoms with Crippen molar-refractivity contribution in [2.24, 2.45) is 12.8 Å². The minimum atomic E-state index is 0.210. The van der Waals surface area contributed by atoms with Gasteiger partial charge < -0.3 is 5.73 Å². The van der Waals surface area contributed by atoms with Gasteiger partial charge in [-0.15, -0.1) is 0 Å². The van der Waals surface area contributed by atoms with Crippen LogP contribution in [0.2, 0.25) is 0 Å². The van der Waals surface area contributed by atoms with Gasteiger partial charge in [0.15, 0.2) is 0 Å². The maximum atomic E-state index is 6.12. The van der Waals surface area contributed by atoms with E-state index in [0.717, 1.165) is 12.8 Å². The van der Waals surface area contributed by atoms with E-state index in [9.17, 15) is 0 Å². The van der Waals surface area contributed by atoms with Crippen molar-refractivity contribution < 1.29 is 0 Å². The number of aryl methyl sites for hydroxylation is 1. The molecule has 0 spiro atoms. The van der Waals surface area contributed by atoms with E-state index in [4.69, 9.17) is 5.73 Å². The summed E-state index contributed by atoms with van der Waals surface area (Å²) >= 11 is 0. The lowest BCUT2D eigenvalue weighted by Crippen LogP contribution is -2.04. The summed E-state index contributed by atoms with van der Waals surface area (Å²) in [6.45, 7) is 2.11. The van der Waals surface area contributed by atoms with Gasteiger partial charge in [0.25, 0.3) is 0 Å². The zero-order chi connectivity index (χ0) is 12.0. The minimum Gasteiger partial charge on any atom is -0.324 e. The van der Waals surface area contributed by atoms with Crippen molar-refractivity contribution in [2.75, 3.05) is 0 Å². The Bertz CT molecular complexity index is 569. The summed E-state index contributed by atoms with van der Waals surface area (Å²) in [5.74, 6) is 0. The Hall–Kier alpha value is -1.61. The Morgan fingerprint density at radius 3 is 2.88 bits per heavy atom. The Balaban J connectivity index is 2.20. The second-order valence-corrected chi connectivity index (χ2v) is 4.79. The van der Waals surface area contributed by atoms with Gasteiger partial charge in [0, 0.05) is 24.3 Å². The summed E-state index contributed by atoms with van der Waals surface area (Å²) in [5, 5.41) is 4.32. The molecule has 0 amide bonds. The molecule has 0 fully saturated rings. The van der Waals surface area contributed by atoms with Crippen molar-refractivity contribution in [3.63, 3.8) is 0 Å². The first-order chi connectivity index (χ1) is 8.18. The van der Waals surface area contributed by atoms with Gasteiger partial charge in [0.2, 0.25) is 0 Å². The maximum Gasteiger partial charge on any atom is 0.0571 e. The van der Waals surface area contributed by atoms with Crippen molar-refractivity contribution >= 4 is 0 Å². The zero-order valence-electron chi connectivity index (χ0n) is 10.3. The molecule has 3 heteroatoms. The molecule has 88 valence electrons. The van der Waals surface area contributed by atoms with E-state index in [1.165, 1.54) is 27.9 Å². The van der Waals surface area contributed by atoms with Crippen LogP contribution in [0.3, 0.4) is 0 Å². The van der Waals surface area contributed by atoms with Gasteiger partial charge >= 0.3 is 0 Å². The summed E-state index contributed by atoms with van der Waals surface area (Å²) in [6.07, 6.45) is 4.10. The smallest absolute Gasteiger partial charge is 0.0571 e. The van der Waals surface area contributed by atoms with Crippen molar-refractivity contribution in [1.82, 2.24) is 9.78 Å². The van der Waals surface area contributed by atoms with Crippen molar-refractivity contribution in [3.05, 3.63) is 41.2 Å². The molecule has 17 heavy (non-hydrogen) atoms. The number of hydrogen-bond donors (Lipinski definition) is 1. The molecule has 1 atom stereocenters. The van der Waals surface area contributed by atoms with Crippen LogP contribution in [0, 0.1) is 6.92 Å². The van der Waals surface area contributed by atoms with E-state index < -0.39 is 0 Å². The number of nitrogens with two attached hydrogens (primary N) is 1. The predicted octanol–water partition coefficient (Wildman–Crippen LogP) is 2.34. The van der Waals surface area contributed by atoms with E-state index in [1.54, 1.807) is 0 Å². The lowest BCUT2D eigenvalue weighted by Gasteiger charge is -2.09. The molecule has 0 saturated heterocycles. The number of rotatable bonds is 1. The Kier molecular flexibility index (Phi) is 2.30. The van der Waals surface area contributed by atoms with E-state index >= 15 is 0 Å². The lowest BCUT2D eigenvalue weighted by molar-refractivity contribution is 0.713. The van der Waals surface area contributed by atoms with Crippen LogP contribution in [0.1, 0.15) is 29.3 Å². The normalized spacial score (nSPS) is 18.4. The van der Waals surface area contributed by atoms with Crippen molar-refractivity contribution in [1.29, 1.82) is 0 Å². The van der Waals surface area contributed by atoms with Crippen LogP contribution in [0.15, 0.2) is 24.4 Å². The molecule has 0 aliphatic heterocycles. The summed E-state index contributed by atoms with van der Waals surface area (Å²) in [6, 6.07) is 6.65. The lowest BCUT2D eigenvalue weighted by atomic mass is 9.97. The van der Waals surface area contributed by atoms with Gasteiger partial charge in [0.05, 0.1) is 6.20 Å². The first kappa shape index (κ1) is 10.5. The average Bonchev–Trinajstić information content (AvgIpc) is 2.86. The standard InChI is InChI=1S/C14H17N3/c1-9-13(8-16-17(9)2)10-4-3-5-12-11(10)6-7-14(12)15/h3-5,8,14H,6-7,15H2,1-2H3. The maximum absolute atomic E-state index is 6.12. The second-order valence-electron chi connectivity index (χ2n) is 4.79. The Morgan fingerprint density at radius 2 is 2.18 bits per heavy atom. The molecule has 1 aromatic carbocycles. The van der Waals surface area contributed by atoms with Gasteiger partial charge in [-0.05, 0) is 36.5 Å². The van der Waals surface area contributed by atoms with Crippen molar-refractivity contribution in [2.45, 2.75) is 25.8 Å². The predicted molar refractivity (Wildman–Crippen MR) is 68.6 cm³/mol. The van der Waals surface area contributed by atoms with E-state index in [2.05, 4.69) is 30.2 Å². The molecule has 3 rings (SSSR count). The fourth-order valence-electron chi connectivity index (χ4n) is 2.70. The van der Waals surface area contributed by atoms with E-state index in [0.29, 0.717) is 0 Å². The summed E-state index contributed by atoms with van der Waals surface area (Å²) in [7, 11) is 1.98. The summed E-state index contributed by atoms with van der Waals surface area (Å²) in [4.78, 5) is 0. The number of aromatic nitrogens is 2. The quantitative estimate of drug-likeness (QED) is 0.812. The van der Waals surface area contributed by atoms with Crippen LogP contribution >= 0.6 is 0 Å². The fourth-order valence-corrected chi connectivity index (χ4v) is 2.70. The van der Waals surface area contributed by atoms with Crippen LogP contribution in [0.25, 0.3) is 11.1 Å². The highest BCUT2D eigenvalue weighted by Crippen LogP contribution is 2.37. The third-order valence-electron chi connectivity index (χ3n) is 3.84. The molecular weight excluding hydrogens is 210 g/mol. The molecule has 3 nitrogen and oxygen atoms in total. The number of hydrogen-bond acceptors (Lipinski definition) is 2.